The van der Waals surface area contributed by atoms with Gasteiger partial charge in [-0.3, -0.25) is 4.79 Å². The first kappa shape index (κ1) is 11.2. The minimum Gasteiger partial charge on any atom is -0.481 e. The van der Waals surface area contributed by atoms with E-state index in [4.69, 9.17) is 10.2 Å². The lowest BCUT2D eigenvalue weighted by Gasteiger charge is -2.29. The Hall–Kier alpha value is -0.780. The highest BCUT2D eigenvalue weighted by Crippen LogP contribution is 2.35. The van der Waals surface area contributed by atoms with Gasteiger partial charge in [-0.1, -0.05) is 0 Å². The molecule has 0 spiro atoms. The van der Waals surface area contributed by atoms with Crippen LogP contribution in [-0.4, -0.2) is 28.0 Å². The second-order valence-electron chi connectivity index (χ2n) is 2.71. The van der Waals surface area contributed by atoms with Gasteiger partial charge in [0.05, 0.1) is 5.92 Å². The Morgan fingerprint density at radius 1 is 1.42 bits per heavy atom. The van der Waals surface area contributed by atoms with E-state index in [0.717, 1.165) is 6.92 Å². The van der Waals surface area contributed by atoms with Crippen molar-refractivity contribution >= 4 is 5.97 Å². The van der Waals surface area contributed by atoms with E-state index in [1.54, 1.807) is 0 Å². The van der Waals surface area contributed by atoms with Crippen molar-refractivity contribution in [1.29, 1.82) is 0 Å². The van der Waals surface area contributed by atoms with Crippen LogP contribution in [0.1, 0.15) is 13.8 Å². The van der Waals surface area contributed by atoms with Gasteiger partial charge in [0.25, 0.3) is 0 Å². The van der Waals surface area contributed by atoms with Gasteiger partial charge in [-0.05, 0) is 13.8 Å². The highest BCUT2D eigenvalue weighted by atomic mass is 19.4. The molecular formula is C6H9F3O3. The minimum atomic E-state index is -4.93. The molecule has 12 heavy (non-hydrogen) atoms. The Labute approximate surface area is 66.8 Å². The summed E-state index contributed by atoms with van der Waals surface area (Å²) in [6.07, 6.45) is -4.93. The smallest absolute Gasteiger partial charge is 0.417 e. The average molecular weight is 186 g/mol. The fourth-order valence-corrected chi connectivity index (χ4v) is 0.486. The molecule has 0 aliphatic carbocycles. The van der Waals surface area contributed by atoms with Crippen LogP contribution in [0.5, 0.6) is 0 Å². The minimum absolute atomic E-state index is 0.436. The molecule has 0 saturated heterocycles. The van der Waals surface area contributed by atoms with Crippen molar-refractivity contribution in [3.05, 3.63) is 0 Å². The first-order chi connectivity index (χ1) is 5.10. The lowest BCUT2D eigenvalue weighted by molar-refractivity contribution is -0.269. The van der Waals surface area contributed by atoms with Crippen molar-refractivity contribution in [2.24, 2.45) is 5.92 Å². The van der Waals surface area contributed by atoms with E-state index in [9.17, 15) is 18.0 Å². The number of rotatable bonds is 2. The number of aliphatic hydroxyl groups is 1. The van der Waals surface area contributed by atoms with Crippen LogP contribution in [0.25, 0.3) is 0 Å². The van der Waals surface area contributed by atoms with E-state index in [1.807, 2.05) is 0 Å². The maximum Gasteiger partial charge on any atom is 0.417 e. The highest BCUT2D eigenvalue weighted by molar-refractivity contribution is 5.71. The van der Waals surface area contributed by atoms with Gasteiger partial charge in [0.1, 0.15) is 0 Å². The molecule has 0 aromatic carbocycles. The fraction of sp³-hybridized carbons (Fsp3) is 0.833. The van der Waals surface area contributed by atoms with Crippen molar-refractivity contribution < 1.29 is 28.2 Å². The summed E-state index contributed by atoms with van der Waals surface area (Å²) in [6, 6.07) is 0. The molecule has 0 radical (unpaired) electrons. The molecule has 2 N–H and O–H groups in total. The molecular weight excluding hydrogens is 177 g/mol. The largest absolute Gasteiger partial charge is 0.481 e. The Kier molecular flexibility index (Phi) is 2.74. The number of halogens is 3. The lowest BCUT2D eigenvalue weighted by atomic mass is 9.90. The molecule has 0 aliphatic rings. The van der Waals surface area contributed by atoms with Crippen molar-refractivity contribution in [3.63, 3.8) is 0 Å². The second-order valence-corrected chi connectivity index (χ2v) is 2.71. The second kappa shape index (κ2) is 2.93. The maximum absolute atomic E-state index is 11.9. The predicted molar refractivity (Wildman–Crippen MR) is 33.5 cm³/mol. The summed E-state index contributed by atoms with van der Waals surface area (Å²) in [5.41, 5.74) is -3.18. The van der Waals surface area contributed by atoms with Crippen molar-refractivity contribution in [2.75, 3.05) is 0 Å². The molecule has 0 aliphatic heterocycles. The number of aliphatic carboxylic acids is 1. The Morgan fingerprint density at radius 2 is 1.75 bits per heavy atom. The molecule has 0 aromatic heterocycles. The molecule has 72 valence electrons. The van der Waals surface area contributed by atoms with E-state index in [-0.39, 0.29) is 0 Å². The number of carboxylic acid groups (broad SMARTS) is 1. The molecule has 0 saturated carbocycles. The summed E-state index contributed by atoms with van der Waals surface area (Å²) in [7, 11) is 0. The molecule has 0 bridgehead atoms. The van der Waals surface area contributed by atoms with Gasteiger partial charge in [0, 0.05) is 0 Å². The summed E-state index contributed by atoms with van der Waals surface area (Å²) in [5, 5.41) is 17.0. The SMILES string of the molecule is CC(C(=O)O)C(C)(O)C(F)(F)F. The van der Waals surface area contributed by atoms with Crippen molar-refractivity contribution in [3.8, 4) is 0 Å². The normalized spacial score (nSPS) is 19.8. The monoisotopic (exact) mass is 186 g/mol. The Morgan fingerprint density at radius 3 is 1.83 bits per heavy atom. The zero-order valence-corrected chi connectivity index (χ0v) is 6.51. The highest BCUT2D eigenvalue weighted by Gasteiger charge is 2.55. The zero-order valence-electron chi connectivity index (χ0n) is 6.51. The maximum atomic E-state index is 11.9. The van der Waals surface area contributed by atoms with Gasteiger partial charge < -0.3 is 10.2 Å². The van der Waals surface area contributed by atoms with E-state index < -0.39 is 23.7 Å². The Balaban J connectivity index is 4.73. The zero-order chi connectivity index (χ0) is 10.2. The summed E-state index contributed by atoms with van der Waals surface area (Å²) in [5.74, 6) is -3.56. The lowest BCUT2D eigenvalue weighted by Crippen LogP contribution is -2.50. The molecule has 6 heteroatoms. The van der Waals surface area contributed by atoms with Crippen LogP contribution in [0.2, 0.25) is 0 Å². The van der Waals surface area contributed by atoms with E-state index in [1.165, 1.54) is 0 Å². The summed E-state index contributed by atoms with van der Waals surface area (Å²) >= 11 is 0. The third-order valence-corrected chi connectivity index (χ3v) is 1.79. The molecule has 0 rings (SSSR count). The predicted octanol–water partition coefficient (Wildman–Crippen LogP) is 1.02. The third kappa shape index (κ3) is 1.88. The van der Waals surface area contributed by atoms with Gasteiger partial charge in [0.2, 0.25) is 0 Å². The van der Waals surface area contributed by atoms with Gasteiger partial charge in [0.15, 0.2) is 5.60 Å². The van der Waals surface area contributed by atoms with Crippen LogP contribution >= 0.6 is 0 Å². The molecule has 3 nitrogen and oxygen atoms in total. The number of hydrogen-bond donors (Lipinski definition) is 2. The molecule has 0 aromatic rings. The number of carbonyl (C=O) groups is 1. The van der Waals surface area contributed by atoms with E-state index >= 15 is 0 Å². The van der Waals surface area contributed by atoms with Gasteiger partial charge in [-0.25, -0.2) is 0 Å². The molecule has 2 unspecified atom stereocenters. The van der Waals surface area contributed by atoms with Crippen LogP contribution in [0.3, 0.4) is 0 Å². The number of hydrogen-bond acceptors (Lipinski definition) is 2. The third-order valence-electron chi connectivity index (χ3n) is 1.79. The molecule has 0 amide bonds. The Bertz CT molecular complexity index is 185. The van der Waals surface area contributed by atoms with E-state index in [2.05, 4.69) is 0 Å². The summed E-state index contributed by atoms with van der Waals surface area (Å²) < 4.78 is 35.8. The quantitative estimate of drug-likeness (QED) is 0.676. The summed E-state index contributed by atoms with van der Waals surface area (Å²) in [6.45, 7) is 1.24. The van der Waals surface area contributed by atoms with Crippen LogP contribution in [0.15, 0.2) is 0 Å². The fourth-order valence-electron chi connectivity index (χ4n) is 0.486. The molecule has 0 fully saturated rings. The van der Waals surface area contributed by atoms with Crippen LogP contribution in [-0.2, 0) is 4.79 Å². The average Bonchev–Trinajstić information content (AvgIpc) is 1.83. The standard InChI is InChI=1S/C6H9F3O3/c1-3(4(10)11)5(2,12)6(7,8)9/h3,12H,1-2H3,(H,10,11). The molecule has 0 heterocycles. The number of alkyl halides is 3. The molecule has 2 atom stereocenters. The number of carboxylic acids is 1. The van der Waals surface area contributed by atoms with Crippen LogP contribution in [0.4, 0.5) is 13.2 Å². The summed E-state index contributed by atoms with van der Waals surface area (Å²) in [4.78, 5) is 10.1. The van der Waals surface area contributed by atoms with Gasteiger partial charge >= 0.3 is 12.1 Å². The van der Waals surface area contributed by atoms with Crippen LogP contribution in [0, 0.1) is 5.92 Å². The van der Waals surface area contributed by atoms with Gasteiger partial charge in [-0.15, -0.1) is 0 Å². The van der Waals surface area contributed by atoms with E-state index in [0.29, 0.717) is 6.92 Å². The van der Waals surface area contributed by atoms with Crippen LogP contribution < -0.4 is 0 Å². The first-order valence-corrected chi connectivity index (χ1v) is 3.12. The van der Waals surface area contributed by atoms with Crippen molar-refractivity contribution in [2.45, 2.75) is 25.6 Å². The van der Waals surface area contributed by atoms with Gasteiger partial charge in [-0.2, -0.15) is 13.2 Å². The van der Waals surface area contributed by atoms with Crippen molar-refractivity contribution in [1.82, 2.24) is 0 Å². The topological polar surface area (TPSA) is 57.5 Å². The first-order valence-electron chi connectivity index (χ1n) is 3.12.